The maximum Gasteiger partial charge on any atom is 0.139 e. The molecule has 2 unspecified atom stereocenters. The standard InChI is InChI=1S/C19H27BrO2/c1-18-10-8-15(21)17(20)14(18)4-3-11-12-5-6-16(22)19(12,2)9-7-13(11)18/h4,11-13,15,17,21H,3,5-10H2,1-2H3/t11-,12-,13+,15?,17?,18+,19-/m0/s1. The topological polar surface area (TPSA) is 37.3 Å². The molecular weight excluding hydrogens is 340 g/mol. The van der Waals surface area contributed by atoms with Crippen molar-refractivity contribution >= 4 is 21.7 Å². The van der Waals surface area contributed by atoms with Crippen molar-refractivity contribution in [3.05, 3.63) is 11.6 Å². The van der Waals surface area contributed by atoms with Crippen LogP contribution >= 0.6 is 15.9 Å². The average molecular weight is 367 g/mol. The van der Waals surface area contributed by atoms with Crippen LogP contribution in [0.2, 0.25) is 0 Å². The minimum Gasteiger partial charge on any atom is -0.392 e. The fourth-order valence-corrected chi connectivity index (χ4v) is 7.42. The van der Waals surface area contributed by atoms with Crippen LogP contribution < -0.4 is 0 Å². The van der Waals surface area contributed by atoms with E-state index in [1.54, 1.807) is 0 Å². The molecule has 3 fully saturated rings. The molecule has 0 spiro atoms. The molecule has 3 saturated carbocycles. The van der Waals surface area contributed by atoms with Gasteiger partial charge in [-0.05, 0) is 61.7 Å². The zero-order valence-corrected chi connectivity index (χ0v) is 15.2. The Morgan fingerprint density at radius 2 is 1.82 bits per heavy atom. The maximum absolute atomic E-state index is 12.4. The highest BCUT2D eigenvalue weighted by Gasteiger charge is 2.59. The number of halogens is 1. The van der Waals surface area contributed by atoms with E-state index in [-0.39, 0.29) is 21.8 Å². The molecule has 2 nitrogen and oxygen atoms in total. The van der Waals surface area contributed by atoms with Crippen LogP contribution in [0, 0.1) is 28.6 Å². The number of rotatable bonds is 0. The van der Waals surface area contributed by atoms with Crippen molar-refractivity contribution in [1.82, 2.24) is 0 Å². The van der Waals surface area contributed by atoms with Crippen LogP contribution in [0.1, 0.15) is 58.8 Å². The Labute approximate surface area is 141 Å². The van der Waals surface area contributed by atoms with Gasteiger partial charge in [0.15, 0.2) is 0 Å². The van der Waals surface area contributed by atoms with Gasteiger partial charge in [-0.25, -0.2) is 0 Å². The molecule has 122 valence electrons. The second-order valence-electron chi connectivity index (χ2n) is 8.62. The van der Waals surface area contributed by atoms with Gasteiger partial charge in [-0.1, -0.05) is 41.4 Å². The predicted molar refractivity (Wildman–Crippen MR) is 90.8 cm³/mol. The van der Waals surface area contributed by atoms with Gasteiger partial charge in [0.1, 0.15) is 5.78 Å². The van der Waals surface area contributed by atoms with Crippen LogP contribution in [0.4, 0.5) is 0 Å². The summed E-state index contributed by atoms with van der Waals surface area (Å²) in [5.41, 5.74) is 1.63. The van der Waals surface area contributed by atoms with E-state index in [2.05, 4.69) is 35.9 Å². The monoisotopic (exact) mass is 366 g/mol. The van der Waals surface area contributed by atoms with Crippen LogP contribution in [0.15, 0.2) is 11.6 Å². The van der Waals surface area contributed by atoms with Gasteiger partial charge in [-0.2, -0.15) is 0 Å². The molecule has 0 saturated heterocycles. The molecule has 7 atom stereocenters. The summed E-state index contributed by atoms with van der Waals surface area (Å²) in [6.07, 6.45) is 9.46. The van der Waals surface area contributed by atoms with E-state index in [1.807, 2.05) is 0 Å². The van der Waals surface area contributed by atoms with Gasteiger partial charge in [0.05, 0.1) is 10.9 Å². The van der Waals surface area contributed by atoms with Crippen molar-refractivity contribution in [2.45, 2.75) is 69.7 Å². The van der Waals surface area contributed by atoms with E-state index in [1.165, 1.54) is 12.0 Å². The van der Waals surface area contributed by atoms with Crippen LogP contribution in [0.25, 0.3) is 0 Å². The molecule has 0 heterocycles. The first-order valence-corrected chi connectivity index (χ1v) is 9.85. The third-order valence-corrected chi connectivity index (χ3v) is 8.93. The number of alkyl halides is 1. The fraction of sp³-hybridized carbons (Fsp3) is 0.842. The molecular formula is C19H27BrO2. The molecule has 0 aromatic heterocycles. The molecule has 0 bridgehead atoms. The summed E-state index contributed by atoms with van der Waals surface area (Å²) in [6.45, 7) is 4.66. The number of hydrogen-bond acceptors (Lipinski definition) is 2. The van der Waals surface area contributed by atoms with Gasteiger partial charge >= 0.3 is 0 Å². The number of ketones is 1. The summed E-state index contributed by atoms with van der Waals surface area (Å²) in [6, 6.07) is 0. The van der Waals surface area contributed by atoms with Crippen LogP contribution in [0.3, 0.4) is 0 Å². The molecule has 22 heavy (non-hydrogen) atoms. The Kier molecular flexibility index (Phi) is 3.44. The van der Waals surface area contributed by atoms with Crippen LogP contribution in [-0.4, -0.2) is 21.8 Å². The molecule has 0 aromatic rings. The zero-order valence-electron chi connectivity index (χ0n) is 13.6. The quantitative estimate of drug-likeness (QED) is 0.513. The van der Waals surface area contributed by atoms with Gasteiger partial charge in [0.2, 0.25) is 0 Å². The van der Waals surface area contributed by atoms with Crippen molar-refractivity contribution in [1.29, 1.82) is 0 Å². The minimum absolute atomic E-state index is 0.0369. The summed E-state index contributed by atoms with van der Waals surface area (Å²) in [5, 5.41) is 10.2. The van der Waals surface area contributed by atoms with Gasteiger partial charge in [0, 0.05) is 11.8 Å². The van der Waals surface area contributed by atoms with Gasteiger partial charge in [-0.15, -0.1) is 0 Å². The normalized spacial score (nSPS) is 54.3. The highest BCUT2D eigenvalue weighted by Crippen LogP contribution is 2.64. The lowest BCUT2D eigenvalue weighted by molar-refractivity contribution is -0.131. The lowest BCUT2D eigenvalue weighted by Crippen LogP contribution is -2.52. The number of hydrogen-bond donors (Lipinski definition) is 1. The van der Waals surface area contributed by atoms with E-state index in [9.17, 15) is 9.90 Å². The van der Waals surface area contributed by atoms with Crippen LogP contribution in [0.5, 0.6) is 0 Å². The molecule has 4 aliphatic carbocycles. The molecule has 4 rings (SSSR count). The lowest BCUT2D eigenvalue weighted by atomic mass is 9.48. The van der Waals surface area contributed by atoms with Crippen molar-refractivity contribution in [3.8, 4) is 0 Å². The van der Waals surface area contributed by atoms with Crippen molar-refractivity contribution in [2.24, 2.45) is 28.6 Å². The van der Waals surface area contributed by atoms with Crippen molar-refractivity contribution in [2.75, 3.05) is 0 Å². The third-order valence-electron chi connectivity index (χ3n) is 7.83. The zero-order chi connectivity index (χ0) is 15.7. The number of aliphatic hydroxyl groups excluding tert-OH is 1. The Balaban J connectivity index is 1.71. The Bertz CT molecular complexity index is 542. The smallest absolute Gasteiger partial charge is 0.139 e. The largest absolute Gasteiger partial charge is 0.392 e. The minimum atomic E-state index is -0.238. The first-order valence-electron chi connectivity index (χ1n) is 8.94. The van der Waals surface area contributed by atoms with E-state index >= 15 is 0 Å². The maximum atomic E-state index is 12.4. The van der Waals surface area contributed by atoms with Gasteiger partial charge in [0.25, 0.3) is 0 Å². The van der Waals surface area contributed by atoms with Crippen molar-refractivity contribution < 1.29 is 9.90 Å². The number of fused-ring (bicyclic) bond motifs is 5. The predicted octanol–water partition coefficient (Wildman–Crippen LogP) is 4.25. The number of carbonyl (C=O) groups excluding carboxylic acids is 1. The molecule has 0 aromatic carbocycles. The molecule has 0 amide bonds. The van der Waals surface area contributed by atoms with E-state index in [0.717, 1.165) is 38.5 Å². The summed E-state index contributed by atoms with van der Waals surface area (Å²) >= 11 is 3.75. The second kappa shape index (κ2) is 4.92. The molecule has 4 aliphatic rings. The summed E-state index contributed by atoms with van der Waals surface area (Å²) in [5.74, 6) is 2.49. The molecule has 0 radical (unpaired) electrons. The lowest BCUT2D eigenvalue weighted by Gasteiger charge is -2.57. The molecule has 3 heteroatoms. The Morgan fingerprint density at radius 1 is 1.14 bits per heavy atom. The molecule has 0 aliphatic heterocycles. The summed E-state index contributed by atoms with van der Waals surface area (Å²) in [7, 11) is 0. The fourth-order valence-electron chi connectivity index (χ4n) is 6.45. The Morgan fingerprint density at radius 3 is 2.59 bits per heavy atom. The SMILES string of the molecule is C[C@]12CCC(O)C(Br)C1=CC[C@@H]1[C@H]2CC[C@]2(C)C(=O)CC[C@@H]12. The van der Waals surface area contributed by atoms with E-state index in [0.29, 0.717) is 23.5 Å². The average Bonchev–Trinajstić information content (AvgIpc) is 2.79. The molecule has 1 N–H and O–H groups in total. The van der Waals surface area contributed by atoms with Gasteiger partial charge in [-0.3, -0.25) is 4.79 Å². The number of aliphatic hydroxyl groups is 1. The Hall–Kier alpha value is -0.150. The summed E-state index contributed by atoms with van der Waals surface area (Å²) in [4.78, 5) is 12.5. The van der Waals surface area contributed by atoms with Crippen LogP contribution in [-0.2, 0) is 4.79 Å². The number of carbonyl (C=O) groups is 1. The third kappa shape index (κ3) is 1.84. The highest BCUT2D eigenvalue weighted by atomic mass is 79.9. The highest BCUT2D eigenvalue weighted by molar-refractivity contribution is 9.09. The first-order chi connectivity index (χ1) is 10.4. The van der Waals surface area contributed by atoms with Crippen molar-refractivity contribution in [3.63, 3.8) is 0 Å². The van der Waals surface area contributed by atoms with E-state index in [4.69, 9.17) is 0 Å². The number of Topliss-reactive ketones (excluding diaryl/α,β-unsaturated/α-hetero) is 1. The van der Waals surface area contributed by atoms with E-state index < -0.39 is 0 Å². The first kappa shape index (κ1) is 15.4. The second-order valence-corrected chi connectivity index (χ2v) is 9.60. The number of allylic oxidation sites excluding steroid dienone is 1. The van der Waals surface area contributed by atoms with Gasteiger partial charge < -0.3 is 5.11 Å². The summed E-state index contributed by atoms with van der Waals surface area (Å²) < 4.78 is 0.